The van der Waals surface area contributed by atoms with Gasteiger partial charge in [0.2, 0.25) is 0 Å². The van der Waals surface area contributed by atoms with Crippen LogP contribution in [0.5, 0.6) is 0 Å². The van der Waals surface area contributed by atoms with E-state index in [4.69, 9.17) is 4.74 Å². The molecule has 0 aliphatic rings. The number of halogens is 1. The van der Waals surface area contributed by atoms with Crippen molar-refractivity contribution in [3.05, 3.63) is 52.1 Å². The van der Waals surface area contributed by atoms with E-state index in [0.29, 0.717) is 28.8 Å². The molecule has 0 N–H and O–H groups in total. The number of thiophene rings is 1. The van der Waals surface area contributed by atoms with Gasteiger partial charge in [0.05, 0.1) is 18.3 Å². The van der Waals surface area contributed by atoms with E-state index in [1.54, 1.807) is 19.1 Å². The molecule has 7 heteroatoms. The highest BCUT2D eigenvalue weighted by atomic mass is 32.1. The van der Waals surface area contributed by atoms with Crippen LogP contribution in [0.15, 0.2) is 40.8 Å². The van der Waals surface area contributed by atoms with Gasteiger partial charge in [0.15, 0.2) is 0 Å². The third kappa shape index (κ3) is 3.32. The largest absolute Gasteiger partial charge is 0.464 e. The molecule has 25 heavy (non-hydrogen) atoms. The zero-order valence-corrected chi connectivity index (χ0v) is 14.7. The van der Waals surface area contributed by atoms with Gasteiger partial charge >= 0.3 is 5.97 Å². The minimum atomic E-state index is -0.767. The lowest BCUT2D eigenvalue weighted by Crippen LogP contribution is -2.29. The van der Waals surface area contributed by atoms with Gasteiger partial charge in [-0.15, -0.1) is 11.3 Å². The SMILES string of the molecule is CCCOC(=O)C(C)n1cnc2scc(-c3ccc(F)cc3)c2c1=O. The quantitative estimate of drug-likeness (QED) is 0.650. The smallest absolute Gasteiger partial charge is 0.328 e. The molecule has 0 saturated carbocycles. The van der Waals surface area contributed by atoms with E-state index in [-0.39, 0.29) is 11.4 Å². The van der Waals surface area contributed by atoms with E-state index in [1.807, 2.05) is 12.3 Å². The van der Waals surface area contributed by atoms with Crippen molar-refractivity contribution < 1.29 is 13.9 Å². The van der Waals surface area contributed by atoms with Crippen LogP contribution in [0.1, 0.15) is 26.3 Å². The fourth-order valence-electron chi connectivity index (χ4n) is 2.50. The summed E-state index contributed by atoms with van der Waals surface area (Å²) in [5, 5.41) is 2.24. The highest BCUT2D eigenvalue weighted by Gasteiger charge is 2.21. The lowest BCUT2D eigenvalue weighted by atomic mass is 10.1. The minimum absolute atomic E-state index is 0.312. The summed E-state index contributed by atoms with van der Waals surface area (Å²) in [5.41, 5.74) is 1.10. The Labute approximate surface area is 147 Å². The van der Waals surface area contributed by atoms with Crippen LogP contribution >= 0.6 is 11.3 Å². The molecule has 0 aliphatic carbocycles. The molecule has 0 fully saturated rings. The predicted molar refractivity (Wildman–Crippen MR) is 95.2 cm³/mol. The molecule has 3 rings (SSSR count). The second-order valence-electron chi connectivity index (χ2n) is 5.64. The number of hydrogen-bond acceptors (Lipinski definition) is 5. The second kappa shape index (κ2) is 7.14. The van der Waals surface area contributed by atoms with Gasteiger partial charge in [-0.2, -0.15) is 0 Å². The van der Waals surface area contributed by atoms with E-state index < -0.39 is 12.0 Å². The van der Waals surface area contributed by atoms with Crippen LogP contribution in [0.3, 0.4) is 0 Å². The average Bonchev–Trinajstić information content (AvgIpc) is 3.05. The maximum Gasteiger partial charge on any atom is 0.328 e. The van der Waals surface area contributed by atoms with E-state index in [2.05, 4.69) is 4.98 Å². The first-order valence-electron chi connectivity index (χ1n) is 7.93. The molecule has 2 heterocycles. The number of hydrogen-bond donors (Lipinski definition) is 0. The van der Waals surface area contributed by atoms with Crippen molar-refractivity contribution in [1.82, 2.24) is 9.55 Å². The Balaban J connectivity index is 2.07. The molecule has 130 valence electrons. The van der Waals surface area contributed by atoms with Gasteiger partial charge in [-0.1, -0.05) is 19.1 Å². The van der Waals surface area contributed by atoms with Crippen LogP contribution < -0.4 is 5.56 Å². The molecule has 0 aliphatic heterocycles. The topological polar surface area (TPSA) is 61.2 Å². The number of carbonyl (C=O) groups excluding carboxylic acids is 1. The Kier molecular flexibility index (Phi) is 4.94. The van der Waals surface area contributed by atoms with Crippen LogP contribution in [0.25, 0.3) is 21.3 Å². The maximum atomic E-state index is 13.2. The third-order valence-corrected chi connectivity index (χ3v) is 4.77. The van der Waals surface area contributed by atoms with Crippen LogP contribution in [-0.4, -0.2) is 22.1 Å². The Bertz CT molecular complexity index is 963. The highest BCUT2D eigenvalue weighted by Crippen LogP contribution is 2.30. The summed E-state index contributed by atoms with van der Waals surface area (Å²) >= 11 is 1.34. The van der Waals surface area contributed by atoms with Crippen molar-refractivity contribution in [2.24, 2.45) is 0 Å². The van der Waals surface area contributed by atoms with E-state index >= 15 is 0 Å². The number of nitrogens with zero attached hydrogens (tertiary/aromatic N) is 2. The van der Waals surface area contributed by atoms with Crippen LogP contribution in [0, 0.1) is 5.82 Å². The van der Waals surface area contributed by atoms with Gasteiger partial charge in [-0.05, 0) is 31.0 Å². The minimum Gasteiger partial charge on any atom is -0.464 e. The van der Waals surface area contributed by atoms with Crippen molar-refractivity contribution in [3.8, 4) is 11.1 Å². The summed E-state index contributed by atoms with van der Waals surface area (Å²) in [6.45, 7) is 3.82. The first-order valence-corrected chi connectivity index (χ1v) is 8.81. The fourth-order valence-corrected chi connectivity index (χ4v) is 3.41. The van der Waals surface area contributed by atoms with Gasteiger partial charge in [0.25, 0.3) is 5.56 Å². The molecule has 1 unspecified atom stereocenters. The van der Waals surface area contributed by atoms with E-state index in [0.717, 1.165) is 5.56 Å². The molecule has 1 atom stereocenters. The van der Waals surface area contributed by atoms with Gasteiger partial charge in [0.1, 0.15) is 16.7 Å². The molecular formula is C18H17FN2O3S. The molecule has 5 nitrogen and oxygen atoms in total. The van der Waals surface area contributed by atoms with Gasteiger partial charge < -0.3 is 4.74 Å². The number of fused-ring (bicyclic) bond motifs is 1. The molecule has 0 bridgehead atoms. The molecule has 3 aromatic rings. The van der Waals surface area contributed by atoms with Crippen molar-refractivity contribution in [1.29, 1.82) is 0 Å². The fraction of sp³-hybridized carbons (Fsp3) is 0.278. The molecule has 1 aromatic carbocycles. The zero-order valence-electron chi connectivity index (χ0n) is 13.9. The number of rotatable bonds is 5. The lowest BCUT2D eigenvalue weighted by molar-refractivity contribution is -0.147. The first kappa shape index (κ1) is 17.3. The van der Waals surface area contributed by atoms with E-state index in [9.17, 15) is 14.0 Å². The highest BCUT2D eigenvalue weighted by molar-refractivity contribution is 7.17. The Hall–Kier alpha value is -2.54. The Morgan fingerprint density at radius 3 is 2.76 bits per heavy atom. The van der Waals surface area contributed by atoms with Crippen molar-refractivity contribution >= 4 is 27.5 Å². The summed E-state index contributed by atoms with van der Waals surface area (Å²) in [7, 11) is 0. The summed E-state index contributed by atoms with van der Waals surface area (Å²) in [6, 6.07) is 5.16. The third-order valence-electron chi connectivity index (χ3n) is 3.88. The summed E-state index contributed by atoms with van der Waals surface area (Å²) in [6.07, 6.45) is 2.08. The summed E-state index contributed by atoms with van der Waals surface area (Å²) in [4.78, 5) is 29.9. The monoisotopic (exact) mass is 360 g/mol. The van der Waals surface area contributed by atoms with Crippen molar-refractivity contribution in [2.75, 3.05) is 6.61 Å². The normalized spacial score (nSPS) is 12.3. The average molecular weight is 360 g/mol. The van der Waals surface area contributed by atoms with Crippen LogP contribution in [-0.2, 0) is 9.53 Å². The molecule has 0 amide bonds. The molecule has 0 saturated heterocycles. The van der Waals surface area contributed by atoms with Gasteiger partial charge in [-0.3, -0.25) is 9.36 Å². The number of ether oxygens (including phenoxy) is 1. The van der Waals surface area contributed by atoms with Crippen LogP contribution in [0.2, 0.25) is 0 Å². The zero-order chi connectivity index (χ0) is 18.0. The van der Waals surface area contributed by atoms with Crippen LogP contribution in [0.4, 0.5) is 4.39 Å². The first-order chi connectivity index (χ1) is 12.0. The number of aromatic nitrogens is 2. The van der Waals surface area contributed by atoms with Gasteiger partial charge in [-0.25, -0.2) is 14.2 Å². The lowest BCUT2D eigenvalue weighted by Gasteiger charge is -2.14. The number of carbonyl (C=O) groups is 1. The summed E-state index contributed by atoms with van der Waals surface area (Å²) < 4.78 is 19.6. The standard InChI is InChI=1S/C18H17FN2O3S/c1-3-8-24-18(23)11(2)21-10-20-16-15(17(21)22)14(9-25-16)12-4-6-13(19)7-5-12/h4-7,9-11H,3,8H2,1-2H3. The number of benzene rings is 1. The van der Waals surface area contributed by atoms with E-state index in [1.165, 1.54) is 34.4 Å². The number of esters is 1. The molecule has 2 aromatic heterocycles. The van der Waals surface area contributed by atoms with Gasteiger partial charge in [0, 0.05) is 10.9 Å². The second-order valence-corrected chi connectivity index (χ2v) is 6.49. The predicted octanol–water partition coefficient (Wildman–Crippen LogP) is 3.78. The van der Waals surface area contributed by atoms with Crippen molar-refractivity contribution in [2.45, 2.75) is 26.3 Å². The van der Waals surface area contributed by atoms with Crippen molar-refractivity contribution in [3.63, 3.8) is 0 Å². The Morgan fingerprint density at radius 2 is 2.08 bits per heavy atom. The Morgan fingerprint density at radius 1 is 1.36 bits per heavy atom. The summed E-state index contributed by atoms with van der Waals surface area (Å²) in [5.74, 6) is -0.810. The molecular weight excluding hydrogens is 343 g/mol. The maximum absolute atomic E-state index is 13.2. The molecule has 0 spiro atoms. The molecule has 0 radical (unpaired) electrons.